The number of aromatic nitrogens is 1. The first-order valence-corrected chi connectivity index (χ1v) is 13.5. The second-order valence-electron chi connectivity index (χ2n) is 9.19. The summed E-state index contributed by atoms with van der Waals surface area (Å²) in [6, 6.07) is 24.3. The van der Waals surface area contributed by atoms with Crippen molar-refractivity contribution in [2.24, 2.45) is 5.92 Å². The molecule has 6 heteroatoms. The number of allylic oxidation sites excluding steroid dienone is 2. The number of thioether (sulfide) groups is 1. The predicted octanol–water partition coefficient (Wildman–Crippen LogP) is 6.34. The molecule has 0 unspecified atom stereocenters. The van der Waals surface area contributed by atoms with Crippen LogP contribution in [0.4, 0.5) is 0 Å². The molecule has 0 radical (unpaired) electrons. The van der Waals surface area contributed by atoms with Gasteiger partial charge in [0.15, 0.2) is 0 Å². The fourth-order valence-corrected chi connectivity index (χ4v) is 6.26. The van der Waals surface area contributed by atoms with Crippen LogP contribution in [0, 0.1) is 5.92 Å². The van der Waals surface area contributed by atoms with Crippen LogP contribution in [-0.2, 0) is 4.79 Å². The molecule has 37 heavy (non-hydrogen) atoms. The lowest BCUT2D eigenvalue weighted by Gasteiger charge is -2.37. The van der Waals surface area contributed by atoms with E-state index < -0.39 is 0 Å². The molecule has 1 aromatic heterocycles. The molecule has 3 aromatic carbocycles. The number of hydrogen-bond acceptors (Lipinski definition) is 4. The number of methoxy groups -OCH3 is 1. The Kier molecular flexibility index (Phi) is 6.49. The van der Waals surface area contributed by atoms with Gasteiger partial charge in [-0.15, -0.1) is 11.8 Å². The van der Waals surface area contributed by atoms with Crippen molar-refractivity contribution in [2.45, 2.75) is 16.9 Å². The summed E-state index contributed by atoms with van der Waals surface area (Å²) in [6.07, 6.45) is 8.00. The minimum atomic E-state index is -0.274. The number of para-hydroxylation sites is 2. The molecular formula is C31H28N2O3S. The summed E-state index contributed by atoms with van der Waals surface area (Å²) < 4.78 is 11.5. The molecular weight excluding hydrogens is 480 g/mol. The third-order valence-electron chi connectivity index (χ3n) is 6.99. The van der Waals surface area contributed by atoms with Gasteiger partial charge in [-0.3, -0.25) is 4.79 Å². The average Bonchev–Trinajstić information content (AvgIpc) is 3.32. The van der Waals surface area contributed by atoms with Gasteiger partial charge in [-0.05, 0) is 48.0 Å². The zero-order chi connectivity index (χ0) is 25.2. The van der Waals surface area contributed by atoms with E-state index in [0.717, 1.165) is 39.6 Å². The van der Waals surface area contributed by atoms with Crippen LogP contribution in [-0.4, -0.2) is 36.4 Å². The number of benzene rings is 3. The van der Waals surface area contributed by atoms with E-state index in [2.05, 4.69) is 46.7 Å². The largest absolute Gasteiger partial charge is 0.497 e. The van der Waals surface area contributed by atoms with Crippen molar-refractivity contribution in [2.75, 3.05) is 19.4 Å². The summed E-state index contributed by atoms with van der Waals surface area (Å²) in [5.41, 5.74) is 4.24. The Morgan fingerprint density at radius 3 is 2.65 bits per heavy atom. The molecule has 1 aliphatic carbocycles. The Bertz CT molecular complexity index is 1490. The number of H-pyrrole nitrogens is 1. The normalized spacial score (nSPS) is 19.6. The summed E-state index contributed by atoms with van der Waals surface area (Å²) >= 11 is 1.76. The van der Waals surface area contributed by atoms with Gasteiger partial charge in [-0.1, -0.05) is 54.6 Å². The van der Waals surface area contributed by atoms with E-state index in [1.165, 1.54) is 10.3 Å². The molecule has 2 N–H and O–H groups in total. The van der Waals surface area contributed by atoms with Gasteiger partial charge in [0.05, 0.1) is 18.7 Å². The van der Waals surface area contributed by atoms with Crippen molar-refractivity contribution < 1.29 is 14.3 Å². The SMILES string of the molecule is COc1ccc(-c2[nH]c3ccccc3c2SCCNC(=O)[C@@H]2c3ccccc3O[C@@H]3C=CC=C[C@@H]23)cc1. The van der Waals surface area contributed by atoms with E-state index in [0.29, 0.717) is 6.54 Å². The van der Waals surface area contributed by atoms with Crippen LogP contribution < -0.4 is 14.8 Å². The molecule has 0 fully saturated rings. The molecule has 186 valence electrons. The summed E-state index contributed by atoms with van der Waals surface area (Å²) in [4.78, 5) is 18.3. The van der Waals surface area contributed by atoms with Crippen LogP contribution in [0.5, 0.6) is 11.5 Å². The molecule has 1 aliphatic heterocycles. The molecule has 4 aromatic rings. The number of rotatable bonds is 7. The van der Waals surface area contributed by atoms with Gasteiger partial charge in [0.1, 0.15) is 17.6 Å². The number of amides is 1. The molecule has 0 saturated heterocycles. The van der Waals surface area contributed by atoms with E-state index >= 15 is 0 Å². The number of nitrogens with one attached hydrogen (secondary N) is 2. The first-order valence-electron chi connectivity index (χ1n) is 12.5. The molecule has 0 saturated carbocycles. The first-order chi connectivity index (χ1) is 18.2. The Balaban J connectivity index is 1.18. The maximum absolute atomic E-state index is 13.5. The maximum Gasteiger partial charge on any atom is 0.228 e. The van der Waals surface area contributed by atoms with Crippen LogP contribution in [0.15, 0.2) is 102 Å². The van der Waals surface area contributed by atoms with Gasteiger partial charge >= 0.3 is 0 Å². The van der Waals surface area contributed by atoms with Crippen LogP contribution in [0.3, 0.4) is 0 Å². The highest BCUT2D eigenvalue weighted by molar-refractivity contribution is 7.99. The summed E-state index contributed by atoms with van der Waals surface area (Å²) in [6.45, 7) is 0.571. The Morgan fingerprint density at radius 2 is 1.78 bits per heavy atom. The van der Waals surface area contributed by atoms with E-state index in [1.54, 1.807) is 18.9 Å². The lowest BCUT2D eigenvalue weighted by Crippen LogP contribution is -2.42. The van der Waals surface area contributed by atoms with Crippen molar-refractivity contribution in [3.05, 3.63) is 103 Å². The molecule has 6 rings (SSSR count). The second kappa shape index (κ2) is 10.2. The first kappa shape index (κ1) is 23.5. The number of carbonyl (C=O) groups excluding carboxylic acids is 1. The average molecular weight is 509 g/mol. The lowest BCUT2D eigenvalue weighted by atomic mass is 9.77. The molecule has 0 spiro atoms. The topological polar surface area (TPSA) is 63.3 Å². The van der Waals surface area contributed by atoms with Crippen LogP contribution in [0.25, 0.3) is 22.2 Å². The minimum Gasteiger partial charge on any atom is -0.497 e. The maximum atomic E-state index is 13.5. The highest BCUT2D eigenvalue weighted by atomic mass is 32.2. The molecule has 0 bridgehead atoms. The quantitative estimate of drug-likeness (QED) is 0.226. The third kappa shape index (κ3) is 4.53. The minimum absolute atomic E-state index is 0.0113. The Hall–Kier alpha value is -3.90. The van der Waals surface area contributed by atoms with Gasteiger partial charge < -0.3 is 19.8 Å². The number of ether oxygens (including phenoxy) is 2. The van der Waals surface area contributed by atoms with Crippen LogP contribution in [0.2, 0.25) is 0 Å². The van der Waals surface area contributed by atoms with Crippen LogP contribution in [0.1, 0.15) is 11.5 Å². The van der Waals surface area contributed by atoms with Gasteiger partial charge in [0.25, 0.3) is 0 Å². The number of hydrogen-bond donors (Lipinski definition) is 2. The fraction of sp³-hybridized carbons (Fsp3) is 0.194. The Morgan fingerprint density at radius 1 is 1.00 bits per heavy atom. The molecule has 3 atom stereocenters. The molecule has 2 heterocycles. The summed E-state index contributed by atoms with van der Waals surface area (Å²) in [7, 11) is 1.67. The van der Waals surface area contributed by atoms with E-state index in [-0.39, 0.29) is 23.8 Å². The van der Waals surface area contributed by atoms with Gasteiger partial charge in [0, 0.05) is 39.6 Å². The van der Waals surface area contributed by atoms with E-state index in [1.807, 2.05) is 60.7 Å². The second-order valence-corrected chi connectivity index (χ2v) is 10.3. The summed E-state index contributed by atoms with van der Waals surface area (Å²) in [5.74, 6) is 2.14. The number of aromatic amines is 1. The van der Waals surface area contributed by atoms with E-state index in [9.17, 15) is 4.79 Å². The predicted molar refractivity (Wildman–Crippen MR) is 149 cm³/mol. The molecule has 1 amide bonds. The van der Waals surface area contributed by atoms with Gasteiger partial charge in [0.2, 0.25) is 5.91 Å². The fourth-order valence-electron chi connectivity index (χ4n) is 5.20. The smallest absolute Gasteiger partial charge is 0.228 e. The van der Waals surface area contributed by atoms with Crippen LogP contribution >= 0.6 is 11.8 Å². The summed E-state index contributed by atoms with van der Waals surface area (Å²) in [5, 5.41) is 4.40. The third-order valence-corrected chi connectivity index (χ3v) is 8.11. The van der Waals surface area contributed by atoms with Crippen molar-refractivity contribution in [3.8, 4) is 22.8 Å². The highest BCUT2D eigenvalue weighted by Gasteiger charge is 2.40. The van der Waals surface area contributed by atoms with E-state index in [4.69, 9.17) is 9.47 Å². The zero-order valence-electron chi connectivity index (χ0n) is 20.5. The number of carbonyl (C=O) groups is 1. The van der Waals surface area contributed by atoms with Crippen molar-refractivity contribution in [1.82, 2.24) is 10.3 Å². The zero-order valence-corrected chi connectivity index (χ0v) is 21.3. The van der Waals surface area contributed by atoms with Crippen molar-refractivity contribution in [3.63, 3.8) is 0 Å². The van der Waals surface area contributed by atoms with Crippen molar-refractivity contribution in [1.29, 1.82) is 0 Å². The number of fused-ring (bicyclic) bond motifs is 3. The lowest BCUT2D eigenvalue weighted by molar-refractivity contribution is -0.124. The molecule has 2 aliphatic rings. The highest BCUT2D eigenvalue weighted by Crippen LogP contribution is 2.42. The van der Waals surface area contributed by atoms with Gasteiger partial charge in [-0.25, -0.2) is 0 Å². The molecule has 5 nitrogen and oxygen atoms in total. The Labute approximate surface area is 220 Å². The standard InChI is InChI=1S/C31H28N2O3S/c1-35-21-16-14-20(15-17-21)29-30(22-8-2-5-11-25(22)33-29)37-19-18-32-31(34)28-23-9-3-6-12-26(23)36-27-13-7-4-10-24(27)28/h2-17,23,26,28,33H,18-19H2,1H3,(H,32,34)/t23-,26-,28+/m1/s1. The van der Waals surface area contributed by atoms with Crippen molar-refractivity contribution >= 4 is 28.6 Å². The van der Waals surface area contributed by atoms with Gasteiger partial charge in [-0.2, -0.15) is 0 Å². The monoisotopic (exact) mass is 508 g/mol.